The zero-order chi connectivity index (χ0) is 19.3. The second kappa shape index (κ2) is 6.66. The molecule has 1 amide bonds. The number of hydrogen-bond acceptors (Lipinski definition) is 2. The Morgan fingerprint density at radius 2 is 1.82 bits per heavy atom. The lowest BCUT2D eigenvalue weighted by molar-refractivity contribution is 0.0730. The summed E-state index contributed by atoms with van der Waals surface area (Å²) in [7, 11) is 0. The van der Waals surface area contributed by atoms with E-state index in [2.05, 4.69) is 0 Å². The molecule has 2 fully saturated rings. The van der Waals surface area contributed by atoms with E-state index in [-0.39, 0.29) is 18.5 Å². The molecule has 3 aromatic rings. The number of carbonyl (C=O) groups excluding carboxylic acids is 1. The van der Waals surface area contributed by atoms with Crippen molar-refractivity contribution in [1.29, 1.82) is 0 Å². The minimum atomic E-state index is -0.614. The van der Waals surface area contributed by atoms with E-state index in [9.17, 15) is 13.6 Å². The zero-order valence-corrected chi connectivity index (χ0v) is 15.4. The highest BCUT2D eigenvalue weighted by atomic mass is 19.1. The number of amides is 1. The monoisotopic (exact) mass is 378 g/mol. The van der Waals surface area contributed by atoms with Crippen LogP contribution in [0.1, 0.15) is 53.2 Å². The molecule has 3 nitrogen and oxygen atoms in total. The van der Waals surface area contributed by atoms with E-state index < -0.39 is 11.6 Å². The molecule has 2 aliphatic carbocycles. The van der Waals surface area contributed by atoms with Gasteiger partial charge in [-0.25, -0.2) is 8.78 Å². The van der Waals surface area contributed by atoms with Crippen LogP contribution < -0.4 is 0 Å². The first kappa shape index (κ1) is 17.3. The Balaban J connectivity index is 1.54. The molecule has 5 rings (SSSR count). The van der Waals surface area contributed by atoms with Gasteiger partial charge in [0, 0.05) is 41.2 Å². The van der Waals surface area contributed by atoms with Gasteiger partial charge >= 0.3 is 0 Å². The second-order valence-electron chi connectivity index (χ2n) is 7.79. The third-order valence-electron chi connectivity index (χ3n) is 5.57. The van der Waals surface area contributed by atoms with Crippen molar-refractivity contribution in [1.82, 2.24) is 9.88 Å². The highest BCUT2D eigenvalue weighted by Gasteiger charge is 2.35. The molecule has 0 spiro atoms. The number of hydrogen-bond donors (Lipinski definition) is 0. The summed E-state index contributed by atoms with van der Waals surface area (Å²) in [6, 6.07) is 13.2. The summed E-state index contributed by atoms with van der Waals surface area (Å²) >= 11 is 0. The van der Waals surface area contributed by atoms with Crippen LogP contribution in [0, 0.1) is 11.6 Å². The van der Waals surface area contributed by atoms with Gasteiger partial charge in [0.15, 0.2) is 0 Å². The van der Waals surface area contributed by atoms with E-state index in [1.807, 2.05) is 30.3 Å². The van der Waals surface area contributed by atoms with Crippen molar-refractivity contribution in [3.8, 4) is 0 Å². The molecule has 2 aliphatic rings. The van der Waals surface area contributed by atoms with Crippen molar-refractivity contribution < 1.29 is 13.6 Å². The minimum Gasteiger partial charge on any atom is -0.331 e. The number of pyridine rings is 1. The molecule has 0 bridgehead atoms. The highest BCUT2D eigenvalue weighted by molar-refractivity contribution is 6.06. The first-order valence-corrected chi connectivity index (χ1v) is 9.75. The van der Waals surface area contributed by atoms with Crippen LogP contribution in [-0.2, 0) is 6.54 Å². The van der Waals surface area contributed by atoms with E-state index >= 15 is 0 Å². The number of fused-ring (bicyclic) bond motifs is 1. The summed E-state index contributed by atoms with van der Waals surface area (Å²) < 4.78 is 27.5. The Labute approximate surface area is 162 Å². The van der Waals surface area contributed by atoms with Crippen molar-refractivity contribution >= 4 is 16.8 Å². The highest BCUT2D eigenvalue weighted by Crippen LogP contribution is 2.41. The fourth-order valence-corrected chi connectivity index (χ4v) is 3.70. The second-order valence-corrected chi connectivity index (χ2v) is 7.79. The Morgan fingerprint density at radius 3 is 2.54 bits per heavy atom. The minimum absolute atomic E-state index is 0.105. The molecule has 0 unspecified atom stereocenters. The third-order valence-corrected chi connectivity index (χ3v) is 5.57. The van der Waals surface area contributed by atoms with Crippen LogP contribution in [0.4, 0.5) is 8.78 Å². The molecule has 142 valence electrons. The predicted octanol–water partition coefficient (Wildman–Crippen LogP) is 5.20. The lowest BCUT2D eigenvalue weighted by atomic mass is 10.0. The van der Waals surface area contributed by atoms with Crippen molar-refractivity contribution in [2.24, 2.45) is 0 Å². The number of para-hydroxylation sites is 1. The number of carbonyl (C=O) groups is 1. The topological polar surface area (TPSA) is 33.2 Å². The molecule has 2 aromatic carbocycles. The van der Waals surface area contributed by atoms with E-state index in [0.29, 0.717) is 17.0 Å². The van der Waals surface area contributed by atoms with Gasteiger partial charge < -0.3 is 4.90 Å². The van der Waals surface area contributed by atoms with E-state index in [4.69, 9.17) is 4.98 Å². The third kappa shape index (κ3) is 3.26. The van der Waals surface area contributed by atoms with Gasteiger partial charge in [0.1, 0.15) is 11.6 Å². The van der Waals surface area contributed by atoms with E-state index in [1.165, 1.54) is 12.1 Å². The Kier molecular flexibility index (Phi) is 4.11. The lowest BCUT2D eigenvalue weighted by Crippen LogP contribution is -2.33. The van der Waals surface area contributed by atoms with E-state index in [0.717, 1.165) is 48.3 Å². The van der Waals surface area contributed by atoms with Gasteiger partial charge in [-0.15, -0.1) is 0 Å². The summed E-state index contributed by atoms with van der Waals surface area (Å²) in [4.78, 5) is 20.0. The van der Waals surface area contributed by atoms with E-state index in [1.54, 1.807) is 4.90 Å². The quantitative estimate of drug-likeness (QED) is 0.612. The van der Waals surface area contributed by atoms with Gasteiger partial charge in [0.2, 0.25) is 0 Å². The summed E-state index contributed by atoms with van der Waals surface area (Å²) in [5, 5.41) is 0.821. The molecule has 0 aliphatic heterocycles. The zero-order valence-electron chi connectivity index (χ0n) is 15.4. The molecule has 0 saturated heterocycles. The molecule has 2 saturated carbocycles. The average Bonchev–Trinajstić information content (AvgIpc) is 3.59. The fraction of sp³-hybridized carbons (Fsp3) is 0.304. The van der Waals surface area contributed by atoms with Crippen LogP contribution >= 0.6 is 0 Å². The largest absolute Gasteiger partial charge is 0.331 e. The average molecular weight is 378 g/mol. The predicted molar refractivity (Wildman–Crippen MR) is 103 cm³/mol. The van der Waals surface area contributed by atoms with Crippen molar-refractivity contribution in [2.45, 2.75) is 44.2 Å². The Bertz CT molecular complexity index is 1070. The molecule has 1 aromatic heterocycles. The molecule has 1 heterocycles. The first-order valence-electron chi connectivity index (χ1n) is 9.75. The van der Waals surface area contributed by atoms with Crippen molar-refractivity contribution in [3.63, 3.8) is 0 Å². The SMILES string of the molecule is O=C(c1cc(C2CC2)nc2ccccc12)N(Cc1ccc(F)cc1F)C1CC1. The Hall–Kier alpha value is -2.82. The summed E-state index contributed by atoms with van der Waals surface area (Å²) in [5.41, 5.74) is 2.74. The van der Waals surface area contributed by atoms with Crippen LogP contribution in [0.3, 0.4) is 0 Å². The summed E-state index contributed by atoms with van der Waals surface area (Å²) in [5.74, 6) is -0.900. The molecule has 0 N–H and O–H groups in total. The summed E-state index contributed by atoms with van der Waals surface area (Å²) in [6.45, 7) is 0.144. The van der Waals surface area contributed by atoms with Crippen LogP contribution in [0.25, 0.3) is 10.9 Å². The lowest BCUT2D eigenvalue weighted by Gasteiger charge is -2.24. The van der Waals surface area contributed by atoms with Crippen LogP contribution in [0.5, 0.6) is 0 Å². The van der Waals surface area contributed by atoms with Crippen molar-refractivity contribution in [2.75, 3.05) is 0 Å². The number of halogens is 2. The van der Waals surface area contributed by atoms with Crippen LogP contribution in [-0.4, -0.2) is 21.8 Å². The number of rotatable bonds is 5. The molecular weight excluding hydrogens is 358 g/mol. The number of nitrogens with zero attached hydrogens (tertiary/aromatic N) is 2. The maximum atomic E-state index is 14.2. The number of benzene rings is 2. The maximum absolute atomic E-state index is 14.2. The maximum Gasteiger partial charge on any atom is 0.255 e. The number of aromatic nitrogens is 1. The molecular formula is C23H20F2N2O. The van der Waals surface area contributed by atoms with Gasteiger partial charge in [-0.1, -0.05) is 24.3 Å². The van der Waals surface area contributed by atoms with Crippen LogP contribution in [0.15, 0.2) is 48.5 Å². The molecule has 0 atom stereocenters. The van der Waals surface area contributed by atoms with Crippen molar-refractivity contribution in [3.05, 3.63) is 77.0 Å². The van der Waals surface area contributed by atoms with Gasteiger partial charge in [-0.05, 0) is 43.9 Å². The smallest absolute Gasteiger partial charge is 0.255 e. The van der Waals surface area contributed by atoms with Crippen LogP contribution in [0.2, 0.25) is 0 Å². The van der Waals surface area contributed by atoms with Gasteiger partial charge in [-0.3, -0.25) is 9.78 Å². The molecule has 0 radical (unpaired) electrons. The molecule has 5 heteroatoms. The normalized spacial score (nSPS) is 16.4. The fourth-order valence-electron chi connectivity index (χ4n) is 3.70. The van der Waals surface area contributed by atoms with Gasteiger partial charge in [0.25, 0.3) is 5.91 Å². The Morgan fingerprint density at radius 1 is 1.04 bits per heavy atom. The first-order chi connectivity index (χ1) is 13.6. The standard InChI is InChI=1S/C23H20F2N2O/c24-16-8-7-15(20(25)11-16)13-27(17-9-10-17)23(28)19-12-22(14-5-6-14)26-21-4-2-1-3-18(19)21/h1-4,7-8,11-12,14,17H,5-6,9-10,13H2. The van der Waals surface area contributed by atoms with Gasteiger partial charge in [-0.2, -0.15) is 0 Å². The van der Waals surface area contributed by atoms with Gasteiger partial charge in [0.05, 0.1) is 11.1 Å². The molecule has 28 heavy (non-hydrogen) atoms. The summed E-state index contributed by atoms with van der Waals surface area (Å²) in [6.07, 6.45) is 4.03.